The monoisotopic (exact) mass is 277 g/mol. The molecule has 0 spiro atoms. The van der Waals surface area contributed by atoms with E-state index in [1.807, 2.05) is 6.92 Å². The van der Waals surface area contributed by atoms with E-state index in [4.69, 9.17) is 0 Å². The molecule has 106 valence electrons. The third-order valence-corrected chi connectivity index (χ3v) is 2.79. The van der Waals surface area contributed by atoms with Crippen LogP contribution in [0.25, 0.3) is 0 Å². The molecule has 0 radical (unpaired) electrons. The Hall–Kier alpha value is -2.51. The van der Waals surface area contributed by atoms with Gasteiger partial charge in [0.1, 0.15) is 17.6 Å². The van der Waals surface area contributed by atoms with E-state index in [1.165, 1.54) is 12.4 Å². The van der Waals surface area contributed by atoms with E-state index < -0.39 is 17.9 Å². The van der Waals surface area contributed by atoms with Crippen molar-refractivity contribution in [3.8, 4) is 0 Å². The maximum Gasteiger partial charge on any atom is 0.272 e. The second kappa shape index (κ2) is 6.09. The standard InChI is InChI=1S/C12H15N5O3/c1-2-13-9-6-14-8(5-15-9)12(20)16-7-3-4-10(18)17-11(7)19/h5-7H,2-4H2,1H3,(H,13,15)(H,16,20)(H,17,18,19). The van der Waals surface area contributed by atoms with Gasteiger partial charge in [-0.3, -0.25) is 19.7 Å². The molecular formula is C12H15N5O3. The van der Waals surface area contributed by atoms with Crippen molar-refractivity contribution in [3.63, 3.8) is 0 Å². The van der Waals surface area contributed by atoms with Crippen LogP contribution in [0.15, 0.2) is 12.4 Å². The van der Waals surface area contributed by atoms with Gasteiger partial charge in [0.2, 0.25) is 11.8 Å². The molecule has 1 aromatic heterocycles. The van der Waals surface area contributed by atoms with Gasteiger partial charge in [-0.15, -0.1) is 0 Å². The molecular weight excluding hydrogens is 262 g/mol. The number of carbonyl (C=O) groups excluding carboxylic acids is 3. The summed E-state index contributed by atoms with van der Waals surface area (Å²) in [5.41, 5.74) is 0.122. The van der Waals surface area contributed by atoms with Crippen LogP contribution < -0.4 is 16.0 Å². The van der Waals surface area contributed by atoms with Crippen molar-refractivity contribution in [1.29, 1.82) is 0 Å². The van der Waals surface area contributed by atoms with Gasteiger partial charge >= 0.3 is 0 Å². The number of piperidine rings is 1. The summed E-state index contributed by atoms with van der Waals surface area (Å²) in [6.45, 7) is 2.63. The minimum absolute atomic E-state index is 0.122. The van der Waals surface area contributed by atoms with Crippen molar-refractivity contribution < 1.29 is 14.4 Å². The normalized spacial score (nSPS) is 18.4. The summed E-state index contributed by atoms with van der Waals surface area (Å²) >= 11 is 0. The fourth-order valence-electron chi connectivity index (χ4n) is 1.78. The van der Waals surface area contributed by atoms with Crippen molar-refractivity contribution in [1.82, 2.24) is 20.6 Å². The van der Waals surface area contributed by atoms with Crippen LogP contribution in [0.4, 0.5) is 5.82 Å². The number of aromatic nitrogens is 2. The Balaban J connectivity index is 1.97. The van der Waals surface area contributed by atoms with Crippen LogP contribution in [0.5, 0.6) is 0 Å². The molecule has 1 saturated heterocycles. The number of nitrogens with one attached hydrogen (secondary N) is 3. The van der Waals surface area contributed by atoms with Crippen LogP contribution in [-0.2, 0) is 9.59 Å². The largest absolute Gasteiger partial charge is 0.369 e. The summed E-state index contributed by atoms with van der Waals surface area (Å²) < 4.78 is 0. The number of rotatable bonds is 4. The molecule has 0 bridgehead atoms. The lowest BCUT2D eigenvalue weighted by atomic mass is 10.1. The highest BCUT2D eigenvalue weighted by Crippen LogP contribution is 2.06. The zero-order valence-electron chi connectivity index (χ0n) is 11.0. The number of carbonyl (C=O) groups is 3. The van der Waals surface area contributed by atoms with E-state index in [0.29, 0.717) is 18.8 Å². The van der Waals surface area contributed by atoms with E-state index in [9.17, 15) is 14.4 Å². The van der Waals surface area contributed by atoms with E-state index >= 15 is 0 Å². The Morgan fingerprint density at radius 3 is 2.80 bits per heavy atom. The molecule has 8 nitrogen and oxygen atoms in total. The van der Waals surface area contributed by atoms with Gasteiger partial charge in [-0.25, -0.2) is 9.97 Å². The second-order valence-electron chi connectivity index (χ2n) is 4.29. The SMILES string of the molecule is CCNc1cnc(C(=O)NC2CCC(=O)NC2=O)cn1. The molecule has 8 heteroatoms. The lowest BCUT2D eigenvalue weighted by molar-refractivity contribution is -0.134. The Morgan fingerprint density at radius 2 is 2.20 bits per heavy atom. The van der Waals surface area contributed by atoms with Gasteiger partial charge in [0, 0.05) is 13.0 Å². The first-order chi connectivity index (χ1) is 9.60. The molecule has 1 aromatic rings. The highest BCUT2D eigenvalue weighted by Gasteiger charge is 2.28. The fourth-order valence-corrected chi connectivity index (χ4v) is 1.78. The summed E-state index contributed by atoms with van der Waals surface area (Å²) in [7, 11) is 0. The van der Waals surface area contributed by atoms with Gasteiger partial charge < -0.3 is 10.6 Å². The van der Waals surface area contributed by atoms with Crippen molar-refractivity contribution in [3.05, 3.63) is 18.1 Å². The highest BCUT2D eigenvalue weighted by atomic mass is 16.2. The molecule has 1 atom stereocenters. The number of hydrogen-bond donors (Lipinski definition) is 3. The number of nitrogens with zero attached hydrogens (tertiary/aromatic N) is 2. The zero-order chi connectivity index (χ0) is 14.5. The number of anilines is 1. The number of imide groups is 1. The van der Waals surface area contributed by atoms with Crippen LogP contribution in [0.3, 0.4) is 0 Å². The van der Waals surface area contributed by atoms with Crippen molar-refractivity contribution in [2.75, 3.05) is 11.9 Å². The molecule has 1 fully saturated rings. The third kappa shape index (κ3) is 3.28. The van der Waals surface area contributed by atoms with Gasteiger partial charge in [0.05, 0.1) is 12.4 Å². The molecule has 0 aliphatic carbocycles. The highest BCUT2D eigenvalue weighted by molar-refractivity contribution is 6.03. The minimum atomic E-state index is -0.713. The molecule has 1 unspecified atom stereocenters. The molecule has 2 heterocycles. The lowest BCUT2D eigenvalue weighted by Crippen LogP contribution is -2.52. The smallest absolute Gasteiger partial charge is 0.272 e. The Morgan fingerprint density at radius 1 is 1.40 bits per heavy atom. The Kier molecular flexibility index (Phi) is 4.24. The molecule has 0 aromatic carbocycles. The maximum absolute atomic E-state index is 11.9. The predicted molar refractivity (Wildman–Crippen MR) is 69.8 cm³/mol. The predicted octanol–water partition coefficient (Wildman–Crippen LogP) is -0.557. The maximum atomic E-state index is 11.9. The number of hydrogen-bond acceptors (Lipinski definition) is 6. The van der Waals surface area contributed by atoms with Gasteiger partial charge in [-0.1, -0.05) is 0 Å². The topological polar surface area (TPSA) is 113 Å². The van der Waals surface area contributed by atoms with Crippen LogP contribution in [0, 0.1) is 0 Å². The van der Waals surface area contributed by atoms with Gasteiger partial charge in [0.15, 0.2) is 0 Å². The molecule has 20 heavy (non-hydrogen) atoms. The minimum Gasteiger partial charge on any atom is -0.369 e. The van der Waals surface area contributed by atoms with E-state index in [1.54, 1.807) is 0 Å². The van der Waals surface area contributed by atoms with Gasteiger partial charge in [0.25, 0.3) is 5.91 Å². The fraction of sp³-hybridized carbons (Fsp3) is 0.417. The van der Waals surface area contributed by atoms with Crippen molar-refractivity contribution >= 4 is 23.5 Å². The first kappa shape index (κ1) is 13.9. The average molecular weight is 277 g/mol. The van der Waals surface area contributed by atoms with E-state index in [0.717, 1.165) is 0 Å². The first-order valence-corrected chi connectivity index (χ1v) is 6.30. The van der Waals surface area contributed by atoms with Crippen LogP contribution in [0.1, 0.15) is 30.3 Å². The lowest BCUT2D eigenvalue weighted by Gasteiger charge is -2.21. The van der Waals surface area contributed by atoms with Crippen LogP contribution in [0.2, 0.25) is 0 Å². The number of amides is 3. The zero-order valence-corrected chi connectivity index (χ0v) is 11.0. The molecule has 3 N–H and O–H groups in total. The molecule has 1 aliphatic rings. The molecule has 3 amide bonds. The molecule has 1 aliphatic heterocycles. The van der Waals surface area contributed by atoms with Gasteiger partial charge in [-0.05, 0) is 13.3 Å². The van der Waals surface area contributed by atoms with Crippen molar-refractivity contribution in [2.24, 2.45) is 0 Å². The average Bonchev–Trinajstić information content (AvgIpc) is 2.43. The summed E-state index contributed by atoms with van der Waals surface area (Å²) in [5, 5.41) is 7.66. The second-order valence-corrected chi connectivity index (χ2v) is 4.29. The summed E-state index contributed by atoms with van der Waals surface area (Å²) in [6.07, 6.45) is 3.28. The molecule has 0 saturated carbocycles. The quantitative estimate of drug-likeness (QED) is 0.636. The summed E-state index contributed by atoms with van der Waals surface area (Å²) in [5.74, 6) is -0.734. The Labute approximate surface area is 115 Å². The van der Waals surface area contributed by atoms with Crippen molar-refractivity contribution in [2.45, 2.75) is 25.8 Å². The third-order valence-electron chi connectivity index (χ3n) is 2.79. The summed E-state index contributed by atoms with van der Waals surface area (Å²) in [6, 6.07) is -0.713. The van der Waals surface area contributed by atoms with E-state index in [-0.39, 0.29) is 18.0 Å². The van der Waals surface area contributed by atoms with Crippen LogP contribution >= 0.6 is 0 Å². The van der Waals surface area contributed by atoms with E-state index in [2.05, 4.69) is 25.9 Å². The first-order valence-electron chi connectivity index (χ1n) is 6.30. The summed E-state index contributed by atoms with van der Waals surface area (Å²) in [4.78, 5) is 42.4. The van der Waals surface area contributed by atoms with Crippen LogP contribution in [-0.4, -0.2) is 40.3 Å². The Bertz CT molecular complexity index is 528. The van der Waals surface area contributed by atoms with Gasteiger partial charge in [-0.2, -0.15) is 0 Å². The molecule has 2 rings (SSSR count).